The predicted octanol–water partition coefficient (Wildman–Crippen LogP) is 4.83. The molecule has 0 atom stereocenters. The summed E-state index contributed by atoms with van der Waals surface area (Å²) in [5.74, 6) is 0.671. The first kappa shape index (κ1) is 18.6. The molecule has 3 aromatic rings. The van der Waals surface area contributed by atoms with Crippen molar-refractivity contribution in [1.29, 1.82) is 0 Å². The first-order valence-electron chi connectivity index (χ1n) is 8.33. The molecule has 0 saturated carbocycles. The van der Waals surface area contributed by atoms with Crippen molar-refractivity contribution in [1.82, 2.24) is 10.1 Å². The second-order valence-electron chi connectivity index (χ2n) is 5.97. The fourth-order valence-electron chi connectivity index (χ4n) is 2.55. The quantitative estimate of drug-likeness (QED) is 0.629. The van der Waals surface area contributed by atoms with Crippen LogP contribution in [0.25, 0.3) is 10.6 Å². The molecule has 1 N–H and O–H groups in total. The third kappa shape index (κ3) is 4.72. The number of aromatic nitrogens is 1. The molecule has 0 bridgehead atoms. The average molecular weight is 390 g/mol. The number of amides is 1. The molecule has 2 aromatic heterocycles. The van der Waals surface area contributed by atoms with Crippen LogP contribution in [0.4, 0.5) is 5.69 Å². The monoisotopic (exact) mass is 389 g/mol. The Bertz CT molecular complexity index is 877. The van der Waals surface area contributed by atoms with E-state index in [1.165, 1.54) is 0 Å². The van der Waals surface area contributed by atoms with Gasteiger partial charge in [-0.25, -0.2) is 0 Å². The van der Waals surface area contributed by atoms with Crippen LogP contribution in [0.15, 0.2) is 46.3 Å². The molecular weight excluding hydrogens is 370 g/mol. The van der Waals surface area contributed by atoms with Crippen molar-refractivity contribution in [3.05, 3.63) is 58.1 Å². The Morgan fingerprint density at radius 1 is 1.35 bits per heavy atom. The number of thiophene rings is 1. The first-order chi connectivity index (χ1) is 12.5. The molecule has 26 heavy (non-hydrogen) atoms. The number of nitrogens with zero attached hydrogens (tertiary/aromatic N) is 2. The normalized spacial score (nSPS) is 11.1. The van der Waals surface area contributed by atoms with Crippen LogP contribution in [0.3, 0.4) is 0 Å². The van der Waals surface area contributed by atoms with Gasteiger partial charge in [0.15, 0.2) is 5.76 Å². The zero-order chi connectivity index (χ0) is 18.5. The second kappa shape index (κ2) is 8.49. The fraction of sp³-hybridized carbons (Fsp3) is 0.263. The molecule has 0 spiro atoms. The summed E-state index contributed by atoms with van der Waals surface area (Å²) in [5.41, 5.74) is 2.52. The van der Waals surface area contributed by atoms with Crippen molar-refractivity contribution in [3.63, 3.8) is 0 Å². The maximum Gasteiger partial charge on any atom is 0.238 e. The van der Waals surface area contributed by atoms with E-state index in [2.05, 4.69) is 10.5 Å². The van der Waals surface area contributed by atoms with Gasteiger partial charge in [-0.05, 0) is 42.6 Å². The average Bonchev–Trinajstić information content (AvgIpc) is 3.28. The van der Waals surface area contributed by atoms with Crippen LogP contribution >= 0.6 is 22.9 Å². The SMILES string of the molecule is CCN(CC(=O)Nc1cc(Cl)ccc1C)Cc1cc(-c2cccs2)on1. The van der Waals surface area contributed by atoms with Gasteiger partial charge in [0.05, 0.1) is 17.1 Å². The molecule has 3 rings (SSSR count). The van der Waals surface area contributed by atoms with Crippen LogP contribution in [-0.2, 0) is 11.3 Å². The zero-order valence-electron chi connectivity index (χ0n) is 14.7. The Hall–Kier alpha value is -2.15. The number of hydrogen-bond acceptors (Lipinski definition) is 5. The van der Waals surface area contributed by atoms with E-state index in [0.717, 1.165) is 34.1 Å². The van der Waals surface area contributed by atoms with Gasteiger partial charge < -0.3 is 9.84 Å². The molecule has 2 heterocycles. The Balaban J connectivity index is 1.60. The van der Waals surface area contributed by atoms with Crippen molar-refractivity contribution in [2.24, 2.45) is 0 Å². The van der Waals surface area contributed by atoms with Crippen molar-refractivity contribution >= 4 is 34.5 Å². The molecular formula is C19H20ClN3O2S. The van der Waals surface area contributed by atoms with Crippen LogP contribution < -0.4 is 5.32 Å². The van der Waals surface area contributed by atoms with Gasteiger partial charge in [0, 0.05) is 23.3 Å². The van der Waals surface area contributed by atoms with Gasteiger partial charge in [-0.15, -0.1) is 11.3 Å². The summed E-state index contributed by atoms with van der Waals surface area (Å²) in [6.07, 6.45) is 0. The lowest BCUT2D eigenvalue weighted by Gasteiger charge is -2.18. The molecule has 0 saturated heterocycles. The number of rotatable bonds is 7. The van der Waals surface area contributed by atoms with Crippen molar-refractivity contribution in [2.75, 3.05) is 18.4 Å². The minimum absolute atomic E-state index is 0.0841. The highest BCUT2D eigenvalue weighted by Crippen LogP contribution is 2.25. The van der Waals surface area contributed by atoms with E-state index in [1.54, 1.807) is 23.5 Å². The lowest BCUT2D eigenvalue weighted by Crippen LogP contribution is -2.33. The minimum atomic E-state index is -0.0841. The lowest BCUT2D eigenvalue weighted by atomic mass is 10.2. The number of carbonyl (C=O) groups excluding carboxylic acids is 1. The third-order valence-electron chi connectivity index (χ3n) is 4.00. The molecule has 5 nitrogen and oxygen atoms in total. The fourth-order valence-corrected chi connectivity index (χ4v) is 3.40. The van der Waals surface area contributed by atoms with Gasteiger partial charge >= 0.3 is 0 Å². The first-order valence-corrected chi connectivity index (χ1v) is 9.58. The molecule has 7 heteroatoms. The molecule has 0 aliphatic carbocycles. The summed E-state index contributed by atoms with van der Waals surface area (Å²) in [6.45, 7) is 5.49. The zero-order valence-corrected chi connectivity index (χ0v) is 16.2. The molecule has 0 aliphatic heterocycles. The lowest BCUT2D eigenvalue weighted by molar-refractivity contribution is -0.117. The molecule has 136 valence electrons. The molecule has 0 radical (unpaired) electrons. The molecule has 0 unspecified atom stereocenters. The van der Waals surface area contributed by atoms with E-state index in [4.69, 9.17) is 16.1 Å². The van der Waals surface area contributed by atoms with Gasteiger partial charge in [0.1, 0.15) is 0 Å². The number of nitrogens with one attached hydrogen (secondary N) is 1. The van der Waals surface area contributed by atoms with E-state index in [-0.39, 0.29) is 12.5 Å². The van der Waals surface area contributed by atoms with Gasteiger partial charge in [-0.3, -0.25) is 9.69 Å². The van der Waals surface area contributed by atoms with Crippen LogP contribution in [0.1, 0.15) is 18.2 Å². The number of likely N-dealkylation sites (N-methyl/N-ethyl adjacent to an activating group) is 1. The topological polar surface area (TPSA) is 58.4 Å². The van der Waals surface area contributed by atoms with E-state index >= 15 is 0 Å². The van der Waals surface area contributed by atoms with Gasteiger partial charge in [-0.1, -0.05) is 35.8 Å². The summed E-state index contributed by atoms with van der Waals surface area (Å²) in [5, 5.41) is 9.64. The van der Waals surface area contributed by atoms with E-state index in [9.17, 15) is 4.79 Å². The van der Waals surface area contributed by atoms with Crippen LogP contribution in [-0.4, -0.2) is 29.1 Å². The van der Waals surface area contributed by atoms with Gasteiger partial charge in [-0.2, -0.15) is 0 Å². The Morgan fingerprint density at radius 3 is 2.92 bits per heavy atom. The Labute approximate surface area is 161 Å². The van der Waals surface area contributed by atoms with Crippen molar-refractivity contribution < 1.29 is 9.32 Å². The number of anilines is 1. The second-order valence-corrected chi connectivity index (χ2v) is 7.35. The summed E-state index contributed by atoms with van der Waals surface area (Å²) < 4.78 is 5.40. The van der Waals surface area contributed by atoms with Crippen LogP contribution in [0, 0.1) is 6.92 Å². The molecule has 1 amide bonds. The number of halogens is 1. The van der Waals surface area contributed by atoms with Gasteiger partial charge in [0.25, 0.3) is 0 Å². The number of carbonyl (C=O) groups is 1. The third-order valence-corrected chi connectivity index (χ3v) is 5.12. The predicted molar refractivity (Wildman–Crippen MR) is 106 cm³/mol. The highest BCUT2D eigenvalue weighted by molar-refractivity contribution is 7.13. The summed E-state index contributed by atoms with van der Waals surface area (Å²) in [6, 6.07) is 11.3. The molecule has 1 aromatic carbocycles. The van der Waals surface area contributed by atoms with Crippen molar-refractivity contribution in [2.45, 2.75) is 20.4 Å². The maximum atomic E-state index is 12.4. The largest absolute Gasteiger partial charge is 0.355 e. The molecule has 0 fully saturated rings. The Morgan fingerprint density at radius 2 is 2.19 bits per heavy atom. The summed E-state index contributed by atoms with van der Waals surface area (Å²) >= 11 is 7.61. The smallest absolute Gasteiger partial charge is 0.238 e. The van der Waals surface area contributed by atoms with Crippen molar-refractivity contribution in [3.8, 4) is 10.6 Å². The Kier molecular flexibility index (Phi) is 6.08. The van der Waals surface area contributed by atoms with Crippen LogP contribution in [0.5, 0.6) is 0 Å². The summed E-state index contributed by atoms with van der Waals surface area (Å²) in [7, 11) is 0. The number of aryl methyl sites for hydroxylation is 1. The maximum absolute atomic E-state index is 12.4. The van der Waals surface area contributed by atoms with E-state index < -0.39 is 0 Å². The highest BCUT2D eigenvalue weighted by atomic mass is 35.5. The molecule has 0 aliphatic rings. The minimum Gasteiger partial charge on any atom is -0.355 e. The summed E-state index contributed by atoms with van der Waals surface area (Å²) in [4.78, 5) is 15.4. The standard InChI is InChI=1S/C19H20ClN3O2S/c1-3-23(11-15-10-17(25-22-15)18-5-4-8-26-18)12-19(24)21-16-9-14(20)7-6-13(16)2/h4-10H,3,11-12H2,1-2H3,(H,21,24). The van der Waals surface area contributed by atoms with E-state index in [0.29, 0.717) is 11.6 Å². The highest BCUT2D eigenvalue weighted by Gasteiger charge is 2.14. The van der Waals surface area contributed by atoms with Gasteiger partial charge in [0.2, 0.25) is 5.91 Å². The van der Waals surface area contributed by atoms with E-state index in [1.807, 2.05) is 48.4 Å². The number of hydrogen-bond donors (Lipinski definition) is 1. The van der Waals surface area contributed by atoms with Crippen LogP contribution in [0.2, 0.25) is 5.02 Å². The number of benzene rings is 1.